The standard InChI is InChI=1S/C14H18N4O3/c1-19-10-5-8(6-11(20-2)12(10)21-3)4-9-7-17-14(16)18-13(9)15/h5-7H,4H2,1-3H3,(H4,15,16,17,18)/i7+1,9+1,13+1. The first kappa shape index (κ1) is 14.7. The minimum atomic E-state index is 0.154. The summed E-state index contributed by atoms with van der Waals surface area (Å²) in [6, 6.07) is 3.72. The number of ether oxygens (including phenoxy) is 3. The number of aromatic nitrogens is 2. The first-order valence-electron chi connectivity index (χ1n) is 6.24. The molecule has 4 N–H and O–H groups in total. The van der Waals surface area contributed by atoms with Crippen molar-refractivity contribution in [3.63, 3.8) is 0 Å². The maximum atomic E-state index is 5.85. The van der Waals surface area contributed by atoms with Gasteiger partial charge < -0.3 is 25.7 Å². The second-order valence-electron chi connectivity index (χ2n) is 4.35. The number of hydrogen-bond donors (Lipinski definition) is 2. The van der Waals surface area contributed by atoms with E-state index in [1.165, 1.54) is 0 Å². The van der Waals surface area contributed by atoms with Crippen molar-refractivity contribution in [1.29, 1.82) is 0 Å². The third kappa shape index (κ3) is 3.07. The molecule has 1 aromatic heterocycles. The zero-order chi connectivity index (χ0) is 15.4. The Hall–Kier alpha value is -2.70. The van der Waals surface area contributed by atoms with Crippen LogP contribution in [0.5, 0.6) is 17.2 Å². The predicted octanol–water partition coefficient (Wildman–Crippen LogP) is 1.26. The highest BCUT2D eigenvalue weighted by Gasteiger charge is 2.14. The van der Waals surface area contributed by atoms with Gasteiger partial charge in [-0.05, 0) is 17.7 Å². The number of benzene rings is 1. The van der Waals surface area contributed by atoms with Crippen LogP contribution < -0.4 is 25.7 Å². The molecule has 0 saturated carbocycles. The van der Waals surface area contributed by atoms with Crippen LogP contribution in [0.4, 0.5) is 11.8 Å². The lowest BCUT2D eigenvalue weighted by Crippen LogP contribution is -2.04. The molecule has 2 rings (SSSR count). The molecule has 0 amide bonds. The number of anilines is 2. The second-order valence-corrected chi connectivity index (χ2v) is 4.35. The smallest absolute Gasteiger partial charge is 0.221 e. The van der Waals surface area contributed by atoms with Crippen molar-refractivity contribution in [3.05, 3.63) is 29.5 Å². The average Bonchev–Trinajstić information content (AvgIpc) is 2.49. The van der Waals surface area contributed by atoms with Crippen LogP contribution in [0.15, 0.2) is 18.3 Å². The van der Waals surface area contributed by atoms with Crippen molar-refractivity contribution in [2.75, 3.05) is 32.8 Å². The molecule has 1 aromatic carbocycles. The summed E-state index contributed by atoms with van der Waals surface area (Å²) < 4.78 is 15.9. The molecular weight excluding hydrogens is 275 g/mol. The second kappa shape index (κ2) is 6.17. The van der Waals surface area contributed by atoms with Crippen LogP contribution in [-0.4, -0.2) is 31.3 Å². The molecular formula is C14H18N4O3. The van der Waals surface area contributed by atoms with E-state index in [2.05, 4.69) is 9.97 Å². The Labute approximate surface area is 122 Å². The normalized spacial score (nSPS) is 10.2. The van der Waals surface area contributed by atoms with Gasteiger partial charge >= 0.3 is 0 Å². The van der Waals surface area contributed by atoms with Gasteiger partial charge in [-0.15, -0.1) is 0 Å². The first-order valence-corrected chi connectivity index (χ1v) is 6.24. The van der Waals surface area contributed by atoms with E-state index in [1.54, 1.807) is 27.5 Å². The minimum absolute atomic E-state index is 0.154. The third-order valence-electron chi connectivity index (χ3n) is 3.04. The maximum absolute atomic E-state index is 5.85. The molecule has 21 heavy (non-hydrogen) atoms. The van der Waals surface area contributed by atoms with Crippen molar-refractivity contribution >= 4 is 11.8 Å². The van der Waals surface area contributed by atoms with Crippen LogP contribution >= 0.6 is 0 Å². The van der Waals surface area contributed by atoms with Crippen LogP contribution in [0.2, 0.25) is 0 Å². The van der Waals surface area contributed by atoms with E-state index in [1.807, 2.05) is 12.1 Å². The Kier molecular flexibility index (Phi) is 4.32. The molecule has 0 spiro atoms. The third-order valence-corrected chi connectivity index (χ3v) is 3.04. The van der Waals surface area contributed by atoms with Gasteiger partial charge in [0.1, 0.15) is 5.82 Å². The van der Waals surface area contributed by atoms with Gasteiger partial charge in [0, 0.05) is 18.2 Å². The summed E-state index contributed by atoms with van der Waals surface area (Å²) in [5.74, 6) is 2.23. The van der Waals surface area contributed by atoms with Crippen molar-refractivity contribution in [3.8, 4) is 17.2 Å². The summed E-state index contributed by atoms with van der Waals surface area (Å²) >= 11 is 0. The van der Waals surface area contributed by atoms with Crippen LogP contribution in [-0.2, 0) is 6.42 Å². The van der Waals surface area contributed by atoms with E-state index in [0.29, 0.717) is 29.5 Å². The number of methoxy groups -OCH3 is 3. The van der Waals surface area contributed by atoms with E-state index in [0.717, 1.165) is 11.1 Å². The molecule has 0 unspecified atom stereocenters. The SMILES string of the molecule is COc1cc(C[13c]2[13cH]nc(N)n[13c]2N)cc(OC)c1OC. The molecule has 0 fully saturated rings. The maximum Gasteiger partial charge on any atom is 0.221 e. The summed E-state index contributed by atoms with van der Waals surface area (Å²) in [4.78, 5) is 7.90. The average molecular weight is 293 g/mol. The highest BCUT2D eigenvalue weighted by molar-refractivity contribution is 5.55. The Morgan fingerprint density at radius 1 is 1.00 bits per heavy atom. The molecule has 0 aliphatic carbocycles. The van der Waals surface area contributed by atoms with Crippen molar-refractivity contribution < 1.29 is 14.2 Å². The fraction of sp³-hybridized carbons (Fsp3) is 0.286. The molecule has 0 saturated heterocycles. The minimum Gasteiger partial charge on any atom is -0.493 e. The predicted molar refractivity (Wildman–Crippen MR) is 79.8 cm³/mol. The van der Waals surface area contributed by atoms with Crippen molar-refractivity contribution in [1.82, 2.24) is 9.97 Å². The molecule has 0 bridgehead atoms. The Balaban J connectivity index is 2.40. The molecule has 1 heterocycles. The van der Waals surface area contributed by atoms with E-state index in [9.17, 15) is 0 Å². The van der Waals surface area contributed by atoms with Gasteiger partial charge in [-0.2, -0.15) is 4.98 Å². The fourth-order valence-electron chi connectivity index (χ4n) is 2.03. The highest BCUT2D eigenvalue weighted by atomic mass is 16.5. The van der Waals surface area contributed by atoms with Gasteiger partial charge in [0.15, 0.2) is 11.5 Å². The van der Waals surface area contributed by atoms with E-state index >= 15 is 0 Å². The molecule has 0 aliphatic heterocycles. The van der Waals surface area contributed by atoms with Gasteiger partial charge in [0.25, 0.3) is 0 Å². The summed E-state index contributed by atoms with van der Waals surface area (Å²) in [6.07, 6.45) is 2.14. The van der Waals surface area contributed by atoms with Crippen LogP contribution in [0, 0.1) is 0 Å². The number of nitrogens with two attached hydrogens (primary N) is 2. The molecule has 0 atom stereocenters. The van der Waals surface area contributed by atoms with Crippen LogP contribution in [0.1, 0.15) is 11.1 Å². The topological polar surface area (TPSA) is 106 Å². The Morgan fingerprint density at radius 2 is 1.62 bits per heavy atom. The van der Waals surface area contributed by atoms with Crippen molar-refractivity contribution in [2.24, 2.45) is 0 Å². The summed E-state index contributed by atoms with van der Waals surface area (Å²) in [7, 11) is 4.70. The number of nitrogen functional groups attached to an aromatic ring is 2. The molecule has 7 heteroatoms. The van der Waals surface area contributed by atoms with E-state index in [-0.39, 0.29) is 5.95 Å². The molecule has 2 aromatic rings. The molecule has 112 valence electrons. The van der Waals surface area contributed by atoms with Gasteiger partial charge in [-0.25, -0.2) is 4.98 Å². The highest BCUT2D eigenvalue weighted by Crippen LogP contribution is 2.38. The summed E-state index contributed by atoms with van der Waals surface area (Å²) in [6.45, 7) is 0. The number of hydrogen-bond acceptors (Lipinski definition) is 7. The van der Waals surface area contributed by atoms with Crippen LogP contribution in [0.3, 0.4) is 0 Å². The molecule has 7 nitrogen and oxygen atoms in total. The number of nitrogens with zero attached hydrogens (tertiary/aromatic N) is 2. The fourth-order valence-corrected chi connectivity index (χ4v) is 2.03. The van der Waals surface area contributed by atoms with Gasteiger partial charge in [0.05, 0.1) is 21.3 Å². The Bertz CT molecular complexity index is 621. The van der Waals surface area contributed by atoms with Gasteiger partial charge in [0.2, 0.25) is 11.7 Å². The van der Waals surface area contributed by atoms with Crippen molar-refractivity contribution in [2.45, 2.75) is 6.42 Å². The molecule has 0 radical (unpaired) electrons. The summed E-state index contributed by atoms with van der Waals surface area (Å²) in [5, 5.41) is 0. The lowest BCUT2D eigenvalue weighted by Gasteiger charge is -2.14. The van der Waals surface area contributed by atoms with Crippen LogP contribution in [0.25, 0.3) is 0 Å². The van der Waals surface area contributed by atoms with Gasteiger partial charge in [-0.3, -0.25) is 0 Å². The largest absolute Gasteiger partial charge is 0.493 e. The van der Waals surface area contributed by atoms with E-state index < -0.39 is 0 Å². The number of rotatable bonds is 5. The monoisotopic (exact) mass is 293 g/mol. The lowest BCUT2D eigenvalue weighted by molar-refractivity contribution is 0.324. The lowest BCUT2D eigenvalue weighted by atomic mass is 10.1. The Morgan fingerprint density at radius 3 is 2.10 bits per heavy atom. The quantitative estimate of drug-likeness (QED) is 0.854. The zero-order valence-corrected chi connectivity index (χ0v) is 12.2. The van der Waals surface area contributed by atoms with E-state index in [4.69, 9.17) is 25.7 Å². The first-order chi connectivity index (χ1) is 10.1. The van der Waals surface area contributed by atoms with Gasteiger partial charge in [-0.1, -0.05) is 0 Å². The molecule has 0 aliphatic rings. The summed E-state index contributed by atoms with van der Waals surface area (Å²) in [5.41, 5.74) is 13.1. The zero-order valence-electron chi connectivity index (χ0n) is 12.2.